The fourth-order valence-corrected chi connectivity index (χ4v) is 2.48. The minimum Gasteiger partial charge on any atom is -0.508 e. The Kier molecular flexibility index (Phi) is 5.27. The van der Waals surface area contributed by atoms with E-state index in [4.69, 9.17) is 4.42 Å². The minimum absolute atomic E-state index is 0.0247. The number of aromatic hydroxyl groups is 4. The summed E-state index contributed by atoms with van der Waals surface area (Å²) in [6, 6.07) is 7.82. The van der Waals surface area contributed by atoms with Gasteiger partial charge >= 0.3 is 5.69 Å². The number of benzene rings is 2. The van der Waals surface area contributed by atoms with Gasteiger partial charge in [0.1, 0.15) is 28.2 Å². The molecule has 0 aliphatic carbocycles. The topological polar surface area (TPSA) is 177 Å². The van der Waals surface area contributed by atoms with Crippen LogP contribution in [0.25, 0.3) is 22.3 Å². The van der Waals surface area contributed by atoms with Crippen molar-refractivity contribution in [3.63, 3.8) is 0 Å². The van der Waals surface area contributed by atoms with Gasteiger partial charge in [-0.15, -0.1) is 0 Å². The molecule has 2 aromatic carbocycles. The number of hydrogen-bond acceptors (Lipinski definition) is 8. The first-order valence-corrected chi connectivity index (χ1v) is 8.16. The number of aromatic amines is 2. The van der Waals surface area contributed by atoms with Crippen molar-refractivity contribution in [1.29, 1.82) is 0 Å². The third-order valence-electron chi connectivity index (χ3n) is 3.84. The van der Waals surface area contributed by atoms with Crippen molar-refractivity contribution in [3.05, 3.63) is 79.5 Å². The number of phenolic OH excluding ortho intramolecular Hbond substituents is 3. The molecular weight excluding hydrogens is 403 g/mol. The zero-order chi connectivity index (χ0) is 22.0. The fourth-order valence-electron chi connectivity index (χ4n) is 2.48. The Morgan fingerprint density at radius 1 is 0.900 bits per heavy atom. The zero-order valence-corrected chi connectivity index (χ0v) is 14.8. The standard InChI is InChI=1S/C15H10O6.C4H3FN2O2/c16-8-3-1-7(2-4-8)15-14(20)13(19)12-10(18)5-9(17)6-11(12)21-15;5-2-1-6-4(9)7-3(2)8/h1-6,16-18,20H;1H,(H2,6,7,8,9). The van der Waals surface area contributed by atoms with E-state index in [0.717, 1.165) is 6.07 Å². The van der Waals surface area contributed by atoms with Gasteiger partial charge < -0.3 is 29.8 Å². The first kappa shape index (κ1) is 20.2. The van der Waals surface area contributed by atoms with Crippen LogP contribution in [0.1, 0.15) is 0 Å². The van der Waals surface area contributed by atoms with Crippen molar-refractivity contribution in [1.82, 2.24) is 9.97 Å². The summed E-state index contributed by atoms with van der Waals surface area (Å²) >= 11 is 0. The molecule has 0 fully saturated rings. The number of aromatic nitrogens is 2. The molecule has 0 unspecified atom stereocenters. The number of phenols is 3. The van der Waals surface area contributed by atoms with E-state index in [1.807, 2.05) is 4.98 Å². The van der Waals surface area contributed by atoms with Gasteiger partial charge in [-0.05, 0) is 24.3 Å². The lowest BCUT2D eigenvalue weighted by atomic mass is 10.1. The van der Waals surface area contributed by atoms with E-state index >= 15 is 0 Å². The van der Waals surface area contributed by atoms with Crippen LogP contribution in [0.5, 0.6) is 23.0 Å². The SMILES string of the molecule is O=c1[nH]cc(F)c(=O)[nH]1.O=c1c(O)c(-c2ccc(O)cc2)oc2cc(O)cc(O)c12. The lowest BCUT2D eigenvalue weighted by Gasteiger charge is -2.07. The maximum atomic E-state index is 12.1. The van der Waals surface area contributed by atoms with Gasteiger partial charge in [0.15, 0.2) is 5.76 Å². The van der Waals surface area contributed by atoms with Crippen LogP contribution in [0.2, 0.25) is 0 Å². The van der Waals surface area contributed by atoms with Gasteiger partial charge in [0, 0.05) is 23.9 Å². The van der Waals surface area contributed by atoms with Crippen molar-refractivity contribution in [2.45, 2.75) is 0 Å². The van der Waals surface area contributed by atoms with Crippen molar-refractivity contribution in [2.24, 2.45) is 0 Å². The highest BCUT2D eigenvalue weighted by Crippen LogP contribution is 2.35. The summed E-state index contributed by atoms with van der Waals surface area (Å²) < 4.78 is 17.4. The Hall–Kier alpha value is -4.54. The van der Waals surface area contributed by atoms with Crippen LogP contribution in [0.4, 0.5) is 4.39 Å². The van der Waals surface area contributed by atoms with Crippen molar-refractivity contribution in [2.75, 3.05) is 0 Å². The second kappa shape index (κ2) is 7.83. The monoisotopic (exact) mass is 416 g/mol. The third-order valence-corrected chi connectivity index (χ3v) is 3.84. The normalized spacial score (nSPS) is 10.4. The molecule has 11 heteroatoms. The first-order chi connectivity index (χ1) is 14.2. The molecule has 0 atom stereocenters. The summed E-state index contributed by atoms with van der Waals surface area (Å²) in [5.41, 5.74) is -2.21. The molecule has 4 aromatic rings. The van der Waals surface area contributed by atoms with Gasteiger partial charge in [0.2, 0.25) is 17.0 Å². The van der Waals surface area contributed by atoms with E-state index in [2.05, 4.69) is 0 Å². The second-order valence-corrected chi connectivity index (χ2v) is 5.91. The Labute approximate surface area is 164 Å². The van der Waals surface area contributed by atoms with E-state index in [9.17, 15) is 39.2 Å². The molecule has 0 saturated heterocycles. The maximum Gasteiger partial charge on any atom is 0.325 e. The van der Waals surface area contributed by atoms with E-state index in [1.54, 1.807) is 4.98 Å². The third kappa shape index (κ3) is 3.99. The molecular formula is C19H13FN2O8. The lowest BCUT2D eigenvalue weighted by molar-refractivity contribution is 0.438. The zero-order valence-electron chi connectivity index (χ0n) is 14.8. The summed E-state index contributed by atoms with van der Waals surface area (Å²) in [6.45, 7) is 0. The molecule has 0 aliphatic heterocycles. The predicted octanol–water partition coefficient (Wildman–Crippen LogP) is 1.48. The van der Waals surface area contributed by atoms with Gasteiger partial charge in [0.05, 0.1) is 0 Å². The van der Waals surface area contributed by atoms with Gasteiger partial charge in [-0.1, -0.05) is 0 Å². The Morgan fingerprint density at radius 2 is 1.57 bits per heavy atom. The Balaban J connectivity index is 0.000000239. The number of H-pyrrole nitrogens is 2. The van der Waals surface area contributed by atoms with Crippen LogP contribution in [0, 0.1) is 5.82 Å². The van der Waals surface area contributed by atoms with Crippen LogP contribution in [-0.2, 0) is 0 Å². The number of fused-ring (bicyclic) bond motifs is 1. The Morgan fingerprint density at radius 3 is 2.17 bits per heavy atom. The Bertz CT molecular complexity index is 1400. The van der Waals surface area contributed by atoms with Crippen LogP contribution in [0.3, 0.4) is 0 Å². The highest BCUT2D eigenvalue weighted by molar-refractivity contribution is 5.88. The molecule has 2 heterocycles. The molecule has 0 bridgehead atoms. The van der Waals surface area contributed by atoms with E-state index in [-0.39, 0.29) is 28.2 Å². The van der Waals surface area contributed by atoms with E-state index in [1.165, 1.54) is 30.3 Å². The molecule has 0 spiro atoms. The van der Waals surface area contributed by atoms with Crippen molar-refractivity contribution in [3.8, 4) is 34.3 Å². The van der Waals surface area contributed by atoms with Crippen molar-refractivity contribution >= 4 is 11.0 Å². The van der Waals surface area contributed by atoms with Gasteiger partial charge in [-0.3, -0.25) is 14.6 Å². The molecule has 0 saturated carbocycles. The molecule has 6 N–H and O–H groups in total. The number of halogens is 1. The molecule has 30 heavy (non-hydrogen) atoms. The smallest absolute Gasteiger partial charge is 0.325 e. The van der Waals surface area contributed by atoms with Crippen molar-refractivity contribution < 1.29 is 29.2 Å². The quantitative estimate of drug-likeness (QED) is 0.270. The molecule has 0 radical (unpaired) electrons. The average molecular weight is 416 g/mol. The summed E-state index contributed by atoms with van der Waals surface area (Å²) in [7, 11) is 0. The molecule has 154 valence electrons. The first-order valence-electron chi connectivity index (χ1n) is 8.16. The minimum atomic E-state index is -1.00. The molecule has 0 aliphatic rings. The van der Waals surface area contributed by atoms with Crippen LogP contribution >= 0.6 is 0 Å². The summed E-state index contributed by atoms with van der Waals surface area (Å²) in [4.78, 5) is 36.1. The van der Waals surface area contributed by atoms with Crippen LogP contribution in [-0.4, -0.2) is 30.4 Å². The molecule has 4 rings (SSSR count). The van der Waals surface area contributed by atoms with Gasteiger partial charge in [-0.2, -0.15) is 4.39 Å². The van der Waals surface area contributed by atoms with E-state index < -0.39 is 34.0 Å². The maximum absolute atomic E-state index is 12.1. The summed E-state index contributed by atoms with van der Waals surface area (Å²) in [5.74, 6) is -2.49. The van der Waals surface area contributed by atoms with Crippen LogP contribution in [0.15, 0.2) is 61.4 Å². The number of rotatable bonds is 1. The highest BCUT2D eigenvalue weighted by atomic mass is 19.1. The number of nitrogens with one attached hydrogen (secondary N) is 2. The molecule has 0 amide bonds. The highest BCUT2D eigenvalue weighted by Gasteiger charge is 2.18. The van der Waals surface area contributed by atoms with Crippen LogP contribution < -0.4 is 16.7 Å². The summed E-state index contributed by atoms with van der Waals surface area (Å²) in [6.07, 6.45) is 0.709. The number of hydrogen-bond donors (Lipinski definition) is 6. The molecule has 2 aromatic heterocycles. The summed E-state index contributed by atoms with van der Waals surface area (Å²) in [5, 5.41) is 38.1. The predicted molar refractivity (Wildman–Crippen MR) is 102 cm³/mol. The fraction of sp³-hybridized carbons (Fsp3) is 0. The second-order valence-electron chi connectivity index (χ2n) is 5.91. The largest absolute Gasteiger partial charge is 0.508 e. The van der Waals surface area contributed by atoms with E-state index in [0.29, 0.717) is 11.8 Å². The average Bonchev–Trinajstić information content (AvgIpc) is 2.68. The van der Waals surface area contributed by atoms with Gasteiger partial charge in [0.25, 0.3) is 5.56 Å². The van der Waals surface area contributed by atoms with Gasteiger partial charge in [-0.25, -0.2) is 4.79 Å². The lowest BCUT2D eigenvalue weighted by Crippen LogP contribution is -2.23. The molecule has 10 nitrogen and oxygen atoms in total.